The summed E-state index contributed by atoms with van der Waals surface area (Å²) in [6.07, 6.45) is 14.6. The van der Waals surface area contributed by atoms with Crippen LogP contribution in [0.25, 0.3) is 0 Å². The SMILES string of the molecule is C#Cc1ccc(OCCO)c(NN2C=NC=C3C=CC(OCCO)=CC32)c1. The molecule has 1 aromatic carbocycles. The van der Waals surface area contributed by atoms with Crippen molar-refractivity contribution in [3.8, 4) is 18.1 Å². The van der Waals surface area contributed by atoms with Gasteiger partial charge in [-0.3, -0.25) is 10.4 Å². The Morgan fingerprint density at radius 3 is 2.78 bits per heavy atom. The van der Waals surface area contributed by atoms with E-state index < -0.39 is 0 Å². The molecule has 0 radical (unpaired) electrons. The number of hydrogen-bond donors (Lipinski definition) is 3. The van der Waals surface area contributed by atoms with Crippen molar-refractivity contribution in [2.75, 3.05) is 31.9 Å². The topological polar surface area (TPSA) is 86.6 Å². The van der Waals surface area contributed by atoms with E-state index in [4.69, 9.17) is 26.1 Å². The van der Waals surface area contributed by atoms with Crippen LogP contribution in [-0.2, 0) is 4.74 Å². The van der Waals surface area contributed by atoms with Crippen molar-refractivity contribution in [3.05, 3.63) is 59.5 Å². The van der Waals surface area contributed by atoms with Gasteiger partial charge in [0.1, 0.15) is 31.1 Å². The van der Waals surface area contributed by atoms with Gasteiger partial charge in [-0.25, -0.2) is 4.99 Å². The largest absolute Gasteiger partial charge is 0.491 e. The van der Waals surface area contributed by atoms with Gasteiger partial charge in [-0.1, -0.05) is 12.0 Å². The quantitative estimate of drug-likeness (QED) is 0.603. The van der Waals surface area contributed by atoms with Crippen molar-refractivity contribution >= 4 is 12.0 Å². The average molecular weight is 367 g/mol. The molecule has 1 atom stereocenters. The van der Waals surface area contributed by atoms with E-state index in [1.54, 1.807) is 30.7 Å². The number of rotatable bonds is 8. The summed E-state index contributed by atoms with van der Waals surface area (Å²) in [7, 11) is 0. The maximum Gasteiger partial charge on any atom is 0.144 e. The summed E-state index contributed by atoms with van der Waals surface area (Å²) in [4.78, 5) is 4.25. The third-order valence-electron chi connectivity index (χ3n) is 3.92. The second kappa shape index (κ2) is 8.94. The molecular weight excluding hydrogens is 346 g/mol. The number of anilines is 1. The number of hydrazine groups is 1. The molecule has 1 aromatic rings. The van der Waals surface area contributed by atoms with Crippen LogP contribution < -0.4 is 10.2 Å². The summed E-state index contributed by atoms with van der Waals surface area (Å²) >= 11 is 0. The molecule has 3 rings (SSSR count). The number of benzene rings is 1. The molecule has 0 amide bonds. The van der Waals surface area contributed by atoms with E-state index in [9.17, 15) is 0 Å². The molecule has 7 nitrogen and oxygen atoms in total. The van der Waals surface area contributed by atoms with Crippen LogP contribution in [0.2, 0.25) is 0 Å². The molecule has 0 spiro atoms. The Kier molecular flexibility index (Phi) is 6.15. The fourth-order valence-electron chi connectivity index (χ4n) is 2.69. The summed E-state index contributed by atoms with van der Waals surface area (Å²) in [5.41, 5.74) is 5.60. The summed E-state index contributed by atoms with van der Waals surface area (Å²) < 4.78 is 11.1. The number of nitrogens with one attached hydrogen (secondary N) is 1. The van der Waals surface area contributed by atoms with Gasteiger partial charge >= 0.3 is 0 Å². The molecule has 140 valence electrons. The first kappa shape index (κ1) is 18.6. The lowest BCUT2D eigenvalue weighted by Gasteiger charge is -2.33. The molecule has 3 N–H and O–H groups in total. The van der Waals surface area contributed by atoms with E-state index >= 15 is 0 Å². The summed E-state index contributed by atoms with van der Waals surface area (Å²) in [5, 5.41) is 19.8. The highest BCUT2D eigenvalue weighted by molar-refractivity contribution is 5.68. The van der Waals surface area contributed by atoms with Crippen LogP contribution >= 0.6 is 0 Å². The first-order chi connectivity index (χ1) is 13.2. The fraction of sp³-hybridized carbons (Fsp3) is 0.250. The van der Waals surface area contributed by atoms with Crippen LogP contribution in [0.15, 0.2) is 59.0 Å². The number of aliphatic hydroxyl groups excluding tert-OH is 2. The van der Waals surface area contributed by atoms with Gasteiger partial charge in [0.05, 0.1) is 24.9 Å². The van der Waals surface area contributed by atoms with Crippen LogP contribution in [-0.4, -0.2) is 54.0 Å². The van der Waals surface area contributed by atoms with Crippen LogP contribution in [0, 0.1) is 12.3 Å². The van der Waals surface area contributed by atoms with Crippen molar-refractivity contribution in [3.63, 3.8) is 0 Å². The Balaban J connectivity index is 1.83. The molecule has 1 aliphatic carbocycles. The first-order valence-corrected chi connectivity index (χ1v) is 8.51. The standard InChI is InChI=1S/C20H21N3O4/c1-2-15-3-6-20(27-10-8-25)18(11-15)22-23-14-21-13-16-4-5-17(12-19(16)23)26-9-7-24/h1,3-6,11-14,19,22,24-25H,7-10H2. The highest BCUT2D eigenvalue weighted by Gasteiger charge is 2.24. The monoisotopic (exact) mass is 367 g/mol. The minimum absolute atomic E-state index is 0.0492. The first-order valence-electron chi connectivity index (χ1n) is 8.51. The number of fused-ring (bicyclic) bond motifs is 1. The zero-order chi connectivity index (χ0) is 19.1. The molecule has 7 heteroatoms. The Hall–Kier alpha value is -3.21. The third kappa shape index (κ3) is 4.50. The second-order valence-corrected chi connectivity index (χ2v) is 5.76. The molecule has 0 saturated carbocycles. The van der Waals surface area contributed by atoms with Crippen LogP contribution in [0.5, 0.6) is 5.75 Å². The predicted molar refractivity (Wildman–Crippen MR) is 103 cm³/mol. The Bertz CT molecular complexity index is 836. The van der Waals surface area contributed by atoms with Gasteiger partial charge < -0.3 is 19.7 Å². The highest BCUT2D eigenvalue weighted by atomic mass is 16.5. The summed E-state index contributed by atoms with van der Waals surface area (Å²) in [5.74, 6) is 3.84. The van der Waals surface area contributed by atoms with Gasteiger partial charge in [0, 0.05) is 11.8 Å². The Morgan fingerprint density at radius 2 is 2.00 bits per heavy atom. The van der Waals surface area contributed by atoms with Crippen molar-refractivity contribution in [1.29, 1.82) is 0 Å². The number of nitrogens with zero attached hydrogens (tertiary/aromatic N) is 2. The minimum atomic E-state index is -0.152. The minimum Gasteiger partial charge on any atom is -0.491 e. The zero-order valence-corrected chi connectivity index (χ0v) is 14.7. The van der Waals surface area contributed by atoms with Crippen molar-refractivity contribution < 1.29 is 19.7 Å². The molecule has 2 aliphatic rings. The predicted octanol–water partition coefficient (Wildman–Crippen LogP) is 1.42. The number of terminal acetylenes is 1. The molecular formula is C20H21N3O4. The van der Waals surface area contributed by atoms with Gasteiger partial charge in [-0.05, 0) is 35.9 Å². The van der Waals surface area contributed by atoms with Gasteiger partial charge in [-0.2, -0.15) is 0 Å². The molecule has 1 heterocycles. The van der Waals surface area contributed by atoms with Crippen LogP contribution in [0.1, 0.15) is 5.56 Å². The summed E-state index contributed by atoms with van der Waals surface area (Å²) in [6.45, 7) is 0.268. The van der Waals surface area contributed by atoms with Gasteiger partial charge in [0.25, 0.3) is 0 Å². The molecule has 0 saturated heterocycles. The normalized spacial score (nSPS) is 17.5. The van der Waals surface area contributed by atoms with E-state index in [0.717, 1.165) is 5.57 Å². The lowest BCUT2D eigenvalue weighted by atomic mass is 10.0. The number of hydrogen-bond acceptors (Lipinski definition) is 7. The Labute approximate surface area is 157 Å². The lowest BCUT2D eigenvalue weighted by molar-refractivity contribution is 0.150. The van der Waals surface area contributed by atoms with Gasteiger partial charge in [0.15, 0.2) is 0 Å². The highest BCUT2D eigenvalue weighted by Crippen LogP contribution is 2.29. The van der Waals surface area contributed by atoms with Gasteiger partial charge in [0.2, 0.25) is 0 Å². The number of ether oxygens (including phenoxy) is 2. The van der Waals surface area contributed by atoms with E-state index in [-0.39, 0.29) is 32.5 Å². The molecule has 27 heavy (non-hydrogen) atoms. The van der Waals surface area contributed by atoms with Crippen LogP contribution in [0.4, 0.5) is 5.69 Å². The molecule has 1 aliphatic heterocycles. The molecule has 1 unspecified atom stereocenters. The van der Waals surface area contributed by atoms with E-state index in [2.05, 4.69) is 16.3 Å². The van der Waals surface area contributed by atoms with E-state index in [1.165, 1.54) is 0 Å². The zero-order valence-electron chi connectivity index (χ0n) is 14.7. The van der Waals surface area contributed by atoms with E-state index in [0.29, 0.717) is 22.8 Å². The maximum atomic E-state index is 9.03. The smallest absolute Gasteiger partial charge is 0.144 e. The number of aliphatic hydroxyl groups is 2. The lowest BCUT2D eigenvalue weighted by Crippen LogP contribution is -2.41. The third-order valence-corrected chi connectivity index (χ3v) is 3.92. The molecule has 0 bridgehead atoms. The fourth-order valence-corrected chi connectivity index (χ4v) is 2.69. The van der Waals surface area contributed by atoms with Crippen molar-refractivity contribution in [1.82, 2.24) is 5.01 Å². The summed E-state index contributed by atoms with van der Waals surface area (Å²) in [6, 6.07) is 5.18. The average Bonchev–Trinajstić information content (AvgIpc) is 2.71. The second-order valence-electron chi connectivity index (χ2n) is 5.76. The number of aliphatic imine (C=N–C) groups is 1. The van der Waals surface area contributed by atoms with Gasteiger partial charge in [-0.15, -0.1) is 6.42 Å². The molecule has 0 fully saturated rings. The number of allylic oxidation sites excluding steroid dienone is 1. The van der Waals surface area contributed by atoms with Crippen molar-refractivity contribution in [2.45, 2.75) is 6.04 Å². The van der Waals surface area contributed by atoms with Crippen molar-refractivity contribution in [2.24, 2.45) is 4.99 Å². The van der Waals surface area contributed by atoms with Crippen LogP contribution in [0.3, 0.4) is 0 Å². The van der Waals surface area contributed by atoms with E-state index in [1.807, 2.05) is 23.2 Å². The molecule has 0 aromatic heterocycles. The maximum absolute atomic E-state index is 9.03. The Morgan fingerprint density at radius 1 is 1.19 bits per heavy atom.